The molecule has 1 fully saturated rings. The summed E-state index contributed by atoms with van der Waals surface area (Å²) in [6.45, 7) is 1.97. The molecule has 2 aromatic carbocycles. The van der Waals surface area contributed by atoms with Crippen LogP contribution in [0.3, 0.4) is 0 Å². The van der Waals surface area contributed by atoms with Gasteiger partial charge in [-0.2, -0.15) is 0 Å². The summed E-state index contributed by atoms with van der Waals surface area (Å²) in [7, 11) is 3.18. The van der Waals surface area contributed by atoms with Gasteiger partial charge in [0.2, 0.25) is 0 Å². The van der Waals surface area contributed by atoms with Gasteiger partial charge in [0.15, 0.2) is 23.2 Å². The van der Waals surface area contributed by atoms with Crippen LogP contribution in [0.5, 0.6) is 17.2 Å². The monoisotopic (exact) mass is 442 g/mol. The lowest BCUT2D eigenvalue weighted by Gasteiger charge is -2.16. The molecule has 1 aliphatic heterocycles. The Bertz CT molecular complexity index is 1030. The van der Waals surface area contributed by atoms with E-state index >= 15 is 0 Å². The average molecular weight is 442 g/mol. The number of likely N-dealkylation sites (N-methyl/N-ethyl adjacent to an activating group) is 1. The van der Waals surface area contributed by atoms with Crippen LogP contribution in [-0.4, -0.2) is 54.4 Å². The maximum absolute atomic E-state index is 13.1. The molecule has 1 saturated heterocycles. The van der Waals surface area contributed by atoms with Crippen molar-refractivity contribution in [3.63, 3.8) is 0 Å². The van der Waals surface area contributed by atoms with Gasteiger partial charge in [-0.05, 0) is 67.2 Å². The number of anilines is 1. The Kier molecular flexibility index (Phi) is 6.76. The van der Waals surface area contributed by atoms with Gasteiger partial charge in [-0.1, -0.05) is 6.07 Å². The molecule has 8 nitrogen and oxygen atoms in total. The molecule has 0 radical (unpaired) electrons. The van der Waals surface area contributed by atoms with Crippen molar-refractivity contribution in [2.75, 3.05) is 32.3 Å². The second-order valence-corrected chi connectivity index (χ2v) is 6.90. The molecule has 1 aliphatic rings. The number of methoxy groups -OCH3 is 1. The minimum Gasteiger partial charge on any atom is -0.494 e. The molecule has 162 valence electrons. The van der Waals surface area contributed by atoms with E-state index in [0.717, 1.165) is 0 Å². The number of hydrogen-bond donors (Lipinski definition) is 1. The summed E-state index contributed by atoms with van der Waals surface area (Å²) in [5.74, 6) is 0.0146. The SMILES string of the molecule is CCOc1ccc(N2C(=O)/C(=C/c3ccc(OCC(=O)O)c(OC)c3)N(C)C2=S)cc1. The second-order valence-electron chi connectivity index (χ2n) is 6.53. The Morgan fingerprint density at radius 1 is 1.13 bits per heavy atom. The second kappa shape index (κ2) is 9.48. The number of amides is 1. The maximum Gasteiger partial charge on any atom is 0.341 e. The molecule has 0 unspecified atom stereocenters. The molecule has 9 heteroatoms. The summed E-state index contributed by atoms with van der Waals surface area (Å²) in [6.07, 6.45) is 1.69. The van der Waals surface area contributed by atoms with Crippen molar-refractivity contribution in [2.24, 2.45) is 0 Å². The lowest BCUT2D eigenvalue weighted by Crippen LogP contribution is -2.31. The number of carboxylic acids is 1. The van der Waals surface area contributed by atoms with Crippen molar-refractivity contribution in [2.45, 2.75) is 6.92 Å². The number of thiocarbonyl (C=S) groups is 1. The number of nitrogens with zero attached hydrogens (tertiary/aromatic N) is 2. The van der Waals surface area contributed by atoms with Crippen LogP contribution in [0.25, 0.3) is 6.08 Å². The molecule has 31 heavy (non-hydrogen) atoms. The standard InChI is InChI=1S/C22H22N2O6S/c1-4-29-16-8-6-15(7-9-16)24-21(27)17(23(2)22(24)31)11-14-5-10-18(19(12-14)28-3)30-13-20(25)26/h5-12H,4,13H2,1-3H3,(H,25,26)/b17-11-. The van der Waals surface area contributed by atoms with Crippen molar-refractivity contribution < 1.29 is 28.9 Å². The third-order valence-corrected chi connectivity index (χ3v) is 4.97. The summed E-state index contributed by atoms with van der Waals surface area (Å²) in [5.41, 5.74) is 1.70. The van der Waals surface area contributed by atoms with Crippen molar-refractivity contribution in [3.8, 4) is 17.2 Å². The number of aliphatic carboxylic acids is 1. The van der Waals surface area contributed by atoms with E-state index in [1.165, 1.54) is 12.0 Å². The highest BCUT2D eigenvalue weighted by molar-refractivity contribution is 7.80. The number of benzene rings is 2. The van der Waals surface area contributed by atoms with E-state index < -0.39 is 12.6 Å². The largest absolute Gasteiger partial charge is 0.494 e. The fourth-order valence-electron chi connectivity index (χ4n) is 3.03. The number of hydrogen-bond acceptors (Lipinski definition) is 6. The first-order valence-electron chi connectivity index (χ1n) is 9.45. The molecule has 2 aromatic rings. The average Bonchev–Trinajstić information content (AvgIpc) is 2.96. The first kappa shape index (κ1) is 22.1. The normalized spacial score (nSPS) is 14.9. The van der Waals surface area contributed by atoms with Crippen LogP contribution in [0.1, 0.15) is 12.5 Å². The zero-order valence-electron chi connectivity index (χ0n) is 17.3. The van der Waals surface area contributed by atoms with Crippen LogP contribution in [0, 0.1) is 0 Å². The van der Waals surface area contributed by atoms with E-state index in [1.807, 2.05) is 6.92 Å². The summed E-state index contributed by atoms with van der Waals surface area (Å²) in [6, 6.07) is 12.1. The molecule has 0 atom stereocenters. The van der Waals surface area contributed by atoms with E-state index in [0.29, 0.717) is 45.9 Å². The van der Waals surface area contributed by atoms with E-state index in [9.17, 15) is 9.59 Å². The van der Waals surface area contributed by atoms with Gasteiger partial charge >= 0.3 is 5.97 Å². The van der Waals surface area contributed by atoms with Crippen LogP contribution < -0.4 is 19.1 Å². The summed E-state index contributed by atoms with van der Waals surface area (Å²) < 4.78 is 15.9. The third kappa shape index (κ3) is 4.77. The lowest BCUT2D eigenvalue weighted by atomic mass is 10.1. The summed E-state index contributed by atoms with van der Waals surface area (Å²) in [5, 5.41) is 9.14. The fraction of sp³-hybridized carbons (Fsp3) is 0.227. The first-order valence-corrected chi connectivity index (χ1v) is 9.85. The Hall–Kier alpha value is -3.59. The fourth-order valence-corrected chi connectivity index (χ4v) is 3.32. The lowest BCUT2D eigenvalue weighted by molar-refractivity contribution is -0.139. The van der Waals surface area contributed by atoms with Crippen molar-refractivity contribution in [3.05, 3.63) is 53.7 Å². The number of rotatable bonds is 8. The number of carboxylic acid groups (broad SMARTS) is 1. The van der Waals surface area contributed by atoms with Gasteiger partial charge in [-0.15, -0.1) is 0 Å². The highest BCUT2D eigenvalue weighted by atomic mass is 32.1. The quantitative estimate of drug-likeness (QED) is 0.493. The third-order valence-electron chi connectivity index (χ3n) is 4.51. The van der Waals surface area contributed by atoms with Crippen LogP contribution in [0.2, 0.25) is 0 Å². The Labute approximate surface area is 185 Å². The molecule has 1 amide bonds. The minimum atomic E-state index is -1.09. The molecule has 1 N–H and O–H groups in total. The van der Waals surface area contributed by atoms with E-state index in [-0.39, 0.29) is 5.91 Å². The molecular weight excluding hydrogens is 420 g/mol. The summed E-state index contributed by atoms with van der Waals surface area (Å²) in [4.78, 5) is 26.9. The predicted octanol–water partition coefficient (Wildman–Crippen LogP) is 3.16. The minimum absolute atomic E-state index is 0.262. The topological polar surface area (TPSA) is 88.5 Å². The number of carbonyl (C=O) groups excluding carboxylic acids is 1. The molecule has 0 aliphatic carbocycles. The van der Waals surface area contributed by atoms with Gasteiger partial charge in [0.1, 0.15) is 11.4 Å². The molecule has 0 spiro atoms. The molecule has 0 bridgehead atoms. The molecular formula is C22H22N2O6S. The van der Waals surface area contributed by atoms with Gasteiger partial charge in [-0.3, -0.25) is 9.69 Å². The van der Waals surface area contributed by atoms with Gasteiger partial charge < -0.3 is 24.2 Å². The molecule has 0 saturated carbocycles. The van der Waals surface area contributed by atoms with Crippen LogP contribution in [0.4, 0.5) is 5.69 Å². The Balaban J connectivity index is 1.87. The zero-order chi connectivity index (χ0) is 22.5. The van der Waals surface area contributed by atoms with Gasteiger partial charge in [0.25, 0.3) is 5.91 Å². The van der Waals surface area contributed by atoms with Crippen LogP contribution in [-0.2, 0) is 9.59 Å². The van der Waals surface area contributed by atoms with Gasteiger partial charge in [-0.25, -0.2) is 4.79 Å². The van der Waals surface area contributed by atoms with E-state index in [2.05, 4.69) is 0 Å². The Morgan fingerprint density at radius 2 is 1.84 bits per heavy atom. The predicted molar refractivity (Wildman–Crippen MR) is 120 cm³/mol. The maximum atomic E-state index is 13.1. The molecule has 0 aromatic heterocycles. The molecule has 1 heterocycles. The van der Waals surface area contributed by atoms with Crippen molar-refractivity contribution in [1.29, 1.82) is 0 Å². The number of ether oxygens (including phenoxy) is 3. The van der Waals surface area contributed by atoms with Gasteiger partial charge in [0.05, 0.1) is 19.4 Å². The van der Waals surface area contributed by atoms with Gasteiger partial charge in [0, 0.05) is 7.05 Å². The van der Waals surface area contributed by atoms with Crippen LogP contribution >= 0.6 is 12.2 Å². The van der Waals surface area contributed by atoms with E-state index in [4.69, 9.17) is 31.5 Å². The number of carbonyl (C=O) groups is 2. The smallest absolute Gasteiger partial charge is 0.341 e. The van der Waals surface area contributed by atoms with Crippen molar-refractivity contribution >= 4 is 41.0 Å². The highest BCUT2D eigenvalue weighted by Gasteiger charge is 2.36. The van der Waals surface area contributed by atoms with E-state index in [1.54, 1.807) is 60.5 Å². The summed E-state index contributed by atoms with van der Waals surface area (Å²) >= 11 is 5.49. The highest BCUT2D eigenvalue weighted by Crippen LogP contribution is 2.32. The molecule has 3 rings (SSSR count). The first-order chi connectivity index (χ1) is 14.8. The van der Waals surface area contributed by atoms with Crippen molar-refractivity contribution in [1.82, 2.24) is 4.90 Å². The Morgan fingerprint density at radius 3 is 2.45 bits per heavy atom. The van der Waals surface area contributed by atoms with Crippen LogP contribution in [0.15, 0.2) is 48.2 Å². The zero-order valence-corrected chi connectivity index (χ0v) is 18.1.